The van der Waals surface area contributed by atoms with Crippen LogP contribution < -0.4 is 15.4 Å². The van der Waals surface area contributed by atoms with Crippen molar-refractivity contribution in [2.75, 3.05) is 26.8 Å². The minimum Gasteiger partial charge on any atom is -0.497 e. The lowest BCUT2D eigenvalue weighted by atomic mass is 9.94. The highest BCUT2D eigenvalue weighted by Crippen LogP contribution is 2.27. The van der Waals surface area contributed by atoms with Crippen LogP contribution in [-0.2, 0) is 14.3 Å². The maximum absolute atomic E-state index is 13.7. The second-order valence-electron chi connectivity index (χ2n) is 9.36. The summed E-state index contributed by atoms with van der Waals surface area (Å²) in [7, 11) is 1.58. The Morgan fingerprint density at radius 1 is 1.06 bits per heavy atom. The molecule has 2 fully saturated rings. The number of hydrogen-bond acceptors (Lipinski definition) is 6. The van der Waals surface area contributed by atoms with E-state index in [9.17, 15) is 14.4 Å². The highest BCUT2D eigenvalue weighted by molar-refractivity contribution is 5.95. The maximum Gasteiger partial charge on any atom is 0.287 e. The predicted molar refractivity (Wildman–Crippen MR) is 132 cm³/mol. The van der Waals surface area contributed by atoms with Crippen molar-refractivity contribution in [1.82, 2.24) is 15.5 Å². The SMILES string of the molecule is COc1ccc([C@H](C(=O)NC2CCCCC2)N(C[C@H]2CCCO2)C(=O)CNC(=O)c2ccco2)cc1. The molecule has 9 nitrogen and oxygen atoms in total. The Hall–Kier alpha value is -3.33. The molecule has 1 saturated heterocycles. The van der Waals surface area contributed by atoms with E-state index < -0.39 is 11.9 Å². The predicted octanol–water partition coefficient (Wildman–Crippen LogP) is 3.22. The van der Waals surface area contributed by atoms with Gasteiger partial charge in [0.05, 0.1) is 26.0 Å². The number of benzene rings is 1. The van der Waals surface area contributed by atoms with Gasteiger partial charge in [0.15, 0.2) is 5.76 Å². The quantitative estimate of drug-likeness (QED) is 0.522. The van der Waals surface area contributed by atoms with Gasteiger partial charge in [-0.1, -0.05) is 31.4 Å². The fourth-order valence-corrected chi connectivity index (χ4v) is 4.90. The third-order valence-electron chi connectivity index (χ3n) is 6.83. The van der Waals surface area contributed by atoms with Gasteiger partial charge >= 0.3 is 0 Å². The Kier molecular flexibility index (Phi) is 9.00. The molecule has 2 aliphatic rings. The highest BCUT2D eigenvalue weighted by atomic mass is 16.5. The number of rotatable bonds is 10. The highest BCUT2D eigenvalue weighted by Gasteiger charge is 2.35. The average molecular weight is 498 g/mol. The zero-order valence-corrected chi connectivity index (χ0v) is 20.7. The van der Waals surface area contributed by atoms with E-state index in [1.54, 1.807) is 42.3 Å². The summed E-state index contributed by atoms with van der Waals surface area (Å²) >= 11 is 0. The van der Waals surface area contributed by atoms with Gasteiger partial charge in [0.1, 0.15) is 11.8 Å². The van der Waals surface area contributed by atoms with Crippen LogP contribution in [0.25, 0.3) is 0 Å². The van der Waals surface area contributed by atoms with Gasteiger partial charge in [-0.05, 0) is 55.5 Å². The first kappa shape index (κ1) is 25.8. The molecule has 2 heterocycles. The van der Waals surface area contributed by atoms with Crippen molar-refractivity contribution in [3.8, 4) is 5.75 Å². The third-order valence-corrected chi connectivity index (χ3v) is 6.83. The molecule has 36 heavy (non-hydrogen) atoms. The molecule has 1 aromatic carbocycles. The van der Waals surface area contributed by atoms with Crippen molar-refractivity contribution in [2.24, 2.45) is 0 Å². The Morgan fingerprint density at radius 2 is 1.83 bits per heavy atom. The summed E-state index contributed by atoms with van der Waals surface area (Å²) in [5, 5.41) is 5.80. The minimum atomic E-state index is -0.866. The Bertz CT molecular complexity index is 995. The molecule has 1 saturated carbocycles. The topological polar surface area (TPSA) is 110 Å². The molecule has 194 valence electrons. The number of carbonyl (C=O) groups excluding carboxylic acids is 3. The van der Waals surface area contributed by atoms with Gasteiger partial charge in [-0.25, -0.2) is 0 Å². The van der Waals surface area contributed by atoms with Gasteiger partial charge in [0.25, 0.3) is 5.91 Å². The van der Waals surface area contributed by atoms with Gasteiger partial charge in [-0.3, -0.25) is 14.4 Å². The van der Waals surface area contributed by atoms with Crippen molar-refractivity contribution in [2.45, 2.75) is 63.1 Å². The van der Waals surface area contributed by atoms with E-state index >= 15 is 0 Å². The summed E-state index contributed by atoms with van der Waals surface area (Å²) < 4.78 is 16.2. The summed E-state index contributed by atoms with van der Waals surface area (Å²) in [4.78, 5) is 41.2. The second-order valence-corrected chi connectivity index (χ2v) is 9.36. The van der Waals surface area contributed by atoms with Crippen LogP contribution in [0.2, 0.25) is 0 Å². The van der Waals surface area contributed by atoms with E-state index in [1.807, 2.05) is 0 Å². The van der Waals surface area contributed by atoms with Crippen LogP contribution >= 0.6 is 0 Å². The lowest BCUT2D eigenvalue weighted by Crippen LogP contribution is -2.51. The first-order chi connectivity index (χ1) is 17.5. The second kappa shape index (κ2) is 12.6. The number of nitrogens with zero attached hydrogens (tertiary/aromatic N) is 1. The zero-order chi connectivity index (χ0) is 25.3. The fourth-order valence-electron chi connectivity index (χ4n) is 4.90. The standard InChI is InChI=1S/C27H35N3O6/c1-34-21-13-11-19(12-14-21)25(27(33)29-20-7-3-2-4-8-20)30(18-22-9-5-15-35-22)24(31)17-28-26(32)23-10-6-16-36-23/h6,10-14,16,20,22,25H,2-5,7-9,15,17-18H2,1H3,(H,28,32)(H,29,33)/t22-,25-/m1/s1. The number of nitrogens with one attached hydrogen (secondary N) is 2. The molecular formula is C27H35N3O6. The van der Waals surface area contributed by atoms with E-state index in [-0.39, 0.29) is 42.8 Å². The van der Waals surface area contributed by atoms with Crippen molar-refractivity contribution in [1.29, 1.82) is 0 Å². The lowest BCUT2D eigenvalue weighted by Gasteiger charge is -2.34. The average Bonchev–Trinajstić information content (AvgIpc) is 3.62. The molecule has 0 spiro atoms. The van der Waals surface area contributed by atoms with Gasteiger partial charge in [0.2, 0.25) is 11.8 Å². The van der Waals surface area contributed by atoms with E-state index in [0.717, 1.165) is 38.5 Å². The number of methoxy groups -OCH3 is 1. The number of furan rings is 1. The maximum atomic E-state index is 13.7. The first-order valence-corrected chi connectivity index (χ1v) is 12.7. The molecule has 2 aromatic rings. The van der Waals surface area contributed by atoms with Crippen LogP contribution in [-0.4, -0.2) is 61.6 Å². The van der Waals surface area contributed by atoms with E-state index in [0.29, 0.717) is 17.9 Å². The minimum absolute atomic E-state index is 0.0883. The Balaban J connectivity index is 1.58. The molecule has 2 N–H and O–H groups in total. The summed E-state index contributed by atoms with van der Waals surface area (Å²) in [6.07, 6.45) is 8.14. The molecule has 0 radical (unpaired) electrons. The smallest absolute Gasteiger partial charge is 0.287 e. The summed E-state index contributed by atoms with van der Waals surface area (Å²) in [5.41, 5.74) is 0.674. The molecule has 1 aliphatic carbocycles. The Morgan fingerprint density at radius 3 is 2.47 bits per heavy atom. The van der Waals surface area contributed by atoms with Crippen LogP contribution in [0.15, 0.2) is 47.1 Å². The molecule has 9 heteroatoms. The third kappa shape index (κ3) is 6.66. The molecular weight excluding hydrogens is 462 g/mol. The van der Waals surface area contributed by atoms with Crippen molar-refractivity contribution in [3.05, 3.63) is 54.0 Å². The number of carbonyl (C=O) groups is 3. The molecule has 2 atom stereocenters. The summed E-state index contributed by atoms with van der Waals surface area (Å²) in [5.74, 6) is -0.304. The van der Waals surface area contributed by atoms with Crippen molar-refractivity contribution in [3.63, 3.8) is 0 Å². The molecule has 1 aromatic heterocycles. The largest absolute Gasteiger partial charge is 0.497 e. The Labute approximate surface area is 211 Å². The molecule has 0 unspecified atom stereocenters. The van der Waals surface area contributed by atoms with Gasteiger partial charge in [-0.2, -0.15) is 0 Å². The lowest BCUT2D eigenvalue weighted by molar-refractivity contribution is -0.142. The summed E-state index contributed by atoms with van der Waals surface area (Å²) in [6.45, 7) is 0.614. The monoisotopic (exact) mass is 497 g/mol. The van der Waals surface area contributed by atoms with Gasteiger partial charge in [-0.15, -0.1) is 0 Å². The van der Waals surface area contributed by atoms with Crippen LogP contribution in [0, 0.1) is 0 Å². The zero-order valence-electron chi connectivity index (χ0n) is 20.7. The van der Waals surface area contributed by atoms with Crippen LogP contribution in [0.5, 0.6) is 5.75 Å². The molecule has 0 bridgehead atoms. The van der Waals surface area contributed by atoms with Crippen LogP contribution in [0.1, 0.15) is 67.1 Å². The number of ether oxygens (including phenoxy) is 2. The number of amides is 3. The van der Waals surface area contributed by atoms with Gasteiger partial charge in [0, 0.05) is 19.2 Å². The van der Waals surface area contributed by atoms with Crippen molar-refractivity contribution >= 4 is 17.7 Å². The van der Waals surface area contributed by atoms with Crippen molar-refractivity contribution < 1.29 is 28.3 Å². The van der Waals surface area contributed by atoms with E-state index in [2.05, 4.69) is 10.6 Å². The number of hydrogen-bond donors (Lipinski definition) is 2. The normalized spacial score (nSPS) is 18.9. The van der Waals surface area contributed by atoms with Crippen LogP contribution in [0.4, 0.5) is 0 Å². The molecule has 3 amide bonds. The molecule has 4 rings (SSSR count). The van der Waals surface area contributed by atoms with E-state index in [1.165, 1.54) is 18.8 Å². The first-order valence-electron chi connectivity index (χ1n) is 12.7. The van der Waals surface area contributed by atoms with Crippen LogP contribution in [0.3, 0.4) is 0 Å². The molecule has 1 aliphatic heterocycles. The summed E-state index contributed by atoms with van der Waals surface area (Å²) in [6, 6.07) is 9.54. The fraction of sp³-hybridized carbons (Fsp3) is 0.519. The van der Waals surface area contributed by atoms with E-state index in [4.69, 9.17) is 13.9 Å². The van der Waals surface area contributed by atoms with Gasteiger partial charge < -0.3 is 29.4 Å².